The van der Waals surface area contributed by atoms with E-state index in [9.17, 15) is 8.42 Å². The highest BCUT2D eigenvalue weighted by atomic mass is 32.2. The normalized spacial score (nSPS) is 11.4. The Hall–Kier alpha value is -2.74. The molecule has 134 valence electrons. The van der Waals surface area contributed by atoms with Gasteiger partial charge in [-0.15, -0.1) is 0 Å². The average Bonchev–Trinajstić information content (AvgIpc) is 2.61. The molecule has 0 spiro atoms. The Morgan fingerprint density at radius 2 is 1.48 bits per heavy atom. The van der Waals surface area contributed by atoms with Gasteiger partial charge >= 0.3 is 0 Å². The monoisotopic (exact) mass is 364 g/mol. The van der Waals surface area contributed by atoms with Gasteiger partial charge in [-0.2, -0.15) is 13.5 Å². The lowest BCUT2D eigenvalue weighted by molar-refractivity contribution is 0.349. The van der Waals surface area contributed by atoms with Crippen LogP contribution in [0.25, 0.3) is 0 Å². The van der Waals surface area contributed by atoms with Gasteiger partial charge in [0.1, 0.15) is 5.75 Å². The molecule has 0 aliphatic carbocycles. The first-order valence-corrected chi connectivity index (χ1v) is 8.81. The van der Waals surface area contributed by atoms with Gasteiger partial charge < -0.3 is 14.2 Å². The van der Waals surface area contributed by atoms with E-state index in [0.717, 1.165) is 5.56 Å². The van der Waals surface area contributed by atoms with Crippen LogP contribution in [0.3, 0.4) is 0 Å². The number of nitrogens with one attached hydrogen (secondary N) is 1. The van der Waals surface area contributed by atoms with Gasteiger partial charge in [-0.3, -0.25) is 0 Å². The van der Waals surface area contributed by atoms with E-state index in [0.29, 0.717) is 22.8 Å². The number of aryl methyl sites for hydroxylation is 1. The lowest BCUT2D eigenvalue weighted by atomic mass is 10.2. The summed E-state index contributed by atoms with van der Waals surface area (Å²) in [6.07, 6.45) is 1.34. The maximum Gasteiger partial charge on any atom is 0.276 e. The maximum absolute atomic E-state index is 12.2. The topological polar surface area (TPSA) is 86.2 Å². The van der Waals surface area contributed by atoms with Crippen LogP contribution in [0.4, 0.5) is 0 Å². The predicted molar refractivity (Wildman–Crippen MR) is 95.2 cm³/mol. The Balaban J connectivity index is 2.25. The minimum absolute atomic E-state index is 0.134. The summed E-state index contributed by atoms with van der Waals surface area (Å²) in [6.45, 7) is 1.88. The van der Waals surface area contributed by atoms with E-state index in [1.807, 2.05) is 6.92 Å². The molecule has 0 aliphatic rings. The van der Waals surface area contributed by atoms with Crippen molar-refractivity contribution in [1.29, 1.82) is 0 Å². The summed E-state index contributed by atoms with van der Waals surface area (Å²) in [6, 6.07) is 9.75. The summed E-state index contributed by atoms with van der Waals surface area (Å²) >= 11 is 0. The molecule has 8 heteroatoms. The molecule has 0 atom stereocenters. The van der Waals surface area contributed by atoms with Gasteiger partial charge in [0.25, 0.3) is 10.0 Å². The van der Waals surface area contributed by atoms with Crippen LogP contribution >= 0.6 is 0 Å². The second kappa shape index (κ2) is 7.89. The van der Waals surface area contributed by atoms with Crippen molar-refractivity contribution >= 4 is 16.2 Å². The first-order chi connectivity index (χ1) is 11.9. The first-order valence-electron chi connectivity index (χ1n) is 7.33. The van der Waals surface area contributed by atoms with Crippen LogP contribution in [0.2, 0.25) is 0 Å². The number of benzene rings is 2. The van der Waals surface area contributed by atoms with Crippen molar-refractivity contribution in [2.45, 2.75) is 11.8 Å². The molecule has 0 aromatic heterocycles. The number of ether oxygens (including phenoxy) is 3. The van der Waals surface area contributed by atoms with Crippen molar-refractivity contribution in [2.75, 3.05) is 21.3 Å². The summed E-state index contributed by atoms with van der Waals surface area (Å²) in [4.78, 5) is 2.31. The Bertz CT molecular complexity index is 861. The third kappa shape index (κ3) is 4.42. The lowest BCUT2D eigenvalue weighted by Gasteiger charge is -2.11. The molecule has 7 nitrogen and oxygen atoms in total. The van der Waals surface area contributed by atoms with Crippen molar-refractivity contribution < 1.29 is 22.6 Å². The van der Waals surface area contributed by atoms with Gasteiger partial charge in [0.15, 0.2) is 11.5 Å². The quantitative estimate of drug-likeness (QED) is 0.602. The minimum Gasteiger partial charge on any atom is -0.496 e. The van der Waals surface area contributed by atoms with Gasteiger partial charge in [-0.25, -0.2) is 4.83 Å². The van der Waals surface area contributed by atoms with Crippen LogP contribution in [-0.4, -0.2) is 36.0 Å². The molecular formula is C17H20N2O5S. The molecule has 2 aromatic carbocycles. The number of rotatable bonds is 7. The molecule has 0 saturated carbocycles. The lowest BCUT2D eigenvalue weighted by Crippen LogP contribution is -2.18. The highest BCUT2D eigenvalue weighted by Crippen LogP contribution is 2.33. The zero-order valence-electron chi connectivity index (χ0n) is 14.4. The molecule has 0 saturated heterocycles. The van der Waals surface area contributed by atoms with Crippen molar-refractivity contribution in [3.05, 3.63) is 47.5 Å². The van der Waals surface area contributed by atoms with Crippen molar-refractivity contribution in [3.8, 4) is 17.2 Å². The van der Waals surface area contributed by atoms with E-state index in [2.05, 4.69) is 9.93 Å². The summed E-state index contributed by atoms with van der Waals surface area (Å²) < 4.78 is 40.1. The van der Waals surface area contributed by atoms with Gasteiger partial charge in [0.05, 0.1) is 32.4 Å². The third-order valence-corrected chi connectivity index (χ3v) is 4.68. The Labute approximate surface area is 147 Å². The van der Waals surface area contributed by atoms with Crippen LogP contribution in [0.1, 0.15) is 11.1 Å². The largest absolute Gasteiger partial charge is 0.496 e. The number of sulfonamides is 1. The van der Waals surface area contributed by atoms with Crippen molar-refractivity contribution in [3.63, 3.8) is 0 Å². The number of hydrogen-bond acceptors (Lipinski definition) is 6. The Morgan fingerprint density at radius 1 is 0.920 bits per heavy atom. The Kier molecular flexibility index (Phi) is 5.87. The zero-order valence-corrected chi connectivity index (χ0v) is 15.3. The second-order valence-corrected chi connectivity index (χ2v) is 6.78. The van der Waals surface area contributed by atoms with E-state index in [4.69, 9.17) is 14.2 Å². The summed E-state index contributed by atoms with van der Waals surface area (Å²) in [5.74, 6) is 1.44. The van der Waals surface area contributed by atoms with Crippen molar-refractivity contribution in [2.24, 2.45) is 5.10 Å². The second-order valence-electron chi connectivity index (χ2n) is 5.12. The summed E-state index contributed by atoms with van der Waals surface area (Å²) in [7, 11) is 0.775. The average molecular weight is 364 g/mol. The zero-order chi connectivity index (χ0) is 18.4. The maximum atomic E-state index is 12.2. The molecule has 0 unspecified atom stereocenters. The van der Waals surface area contributed by atoms with Gasteiger partial charge in [0.2, 0.25) is 0 Å². The minimum atomic E-state index is -3.74. The van der Waals surface area contributed by atoms with Crippen LogP contribution in [0.15, 0.2) is 46.4 Å². The molecule has 0 radical (unpaired) electrons. The molecule has 0 heterocycles. The standard InChI is InChI=1S/C17H20N2O5S/c1-12-5-7-14(8-6-12)25(20,21)19-18-11-13-9-16(23-3)17(24-4)10-15(13)22-2/h5-11,19H,1-4H3/b18-11-. The van der Waals surface area contributed by atoms with E-state index in [1.165, 1.54) is 39.7 Å². The fraction of sp³-hybridized carbons (Fsp3) is 0.235. The highest BCUT2D eigenvalue weighted by molar-refractivity contribution is 7.89. The molecule has 0 aliphatic heterocycles. The SMILES string of the molecule is COc1cc(OC)c(OC)cc1/C=N\NS(=O)(=O)c1ccc(C)cc1. The van der Waals surface area contributed by atoms with Crippen molar-refractivity contribution in [1.82, 2.24) is 4.83 Å². The van der Waals surface area contributed by atoms with Gasteiger partial charge in [-0.05, 0) is 25.1 Å². The third-order valence-electron chi connectivity index (χ3n) is 3.44. The molecule has 0 amide bonds. The van der Waals surface area contributed by atoms with E-state index < -0.39 is 10.0 Å². The van der Waals surface area contributed by atoms with Crippen LogP contribution in [0.5, 0.6) is 17.2 Å². The van der Waals surface area contributed by atoms with E-state index in [1.54, 1.807) is 24.3 Å². The first kappa shape index (κ1) is 18.6. The molecule has 2 rings (SSSR count). The molecule has 25 heavy (non-hydrogen) atoms. The fourth-order valence-electron chi connectivity index (χ4n) is 2.09. The number of hydrogen-bond donors (Lipinski definition) is 1. The highest BCUT2D eigenvalue weighted by Gasteiger charge is 2.13. The fourth-order valence-corrected chi connectivity index (χ4v) is 2.88. The van der Waals surface area contributed by atoms with Crippen LogP contribution < -0.4 is 19.0 Å². The van der Waals surface area contributed by atoms with Gasteiger partial charge in [-0.1, -0.05) is 17.7 Å². The number of hydrazone groups is 1. The smallest absolute Gasteiger partial charge is 0.276 e. The predicted octanol–water partition coefficient (Wildman–Crippen LogP) is 2.33. The summed E-state index contributed by atoms with van der Waals surface area (Å²) in [5.41, 5.74) is 1.50. The number of nitrogens with zero attached hydrogens (tertiary/aromatic N) is 1. The van der Waals surface area contributed by atoms with Crippen LogP contribution in [0, 0.1) is 6.92 Å². The Morgan fingerprint density at radius 3 is 2.04 bits per heavy atom. The molecular weight excluding hydrogens is 344 g/mol. The van der Waals surface area contributed by atoms with E-state index >= 15 is 0 Å². The van der Waals surface area contributed by atoms with Crippen LogP contribution in [-0.2, 0) is 10.0 Å². The van der Waals surface area contributed by atoms with E-state index in [-0.39, 0.29) is 4.90 Å². The van der Waals surface area contributed by atoms with Gasteiger partial charge in [0, 0.05) is 11.6 Å². The molecule has 0 fully saturated rings. The number of methoxy groups -OCH3 is 3. The molecule has 0 bridgehead atoms. The summed E-state index contributed by atoms with van der Waals surface area (Å²) in [5, 5.41) is 3.81. The molecule has 1 N–H and O–H groups in total. The molecule has 2 aromatic rings.